The normalized spacial score (nSPS) is 47.7. The zero-order valence-corrected chi connectivity index (χ0v) is 17.9. The first-order valence-corrected chi connectivity index (χ1v) is 11.9. The molecule has 0 saturated heterocycles. The van der Waals surface area contributed by atoms with Gasteiger partial charge in [0, 0.05) is 6.42 Å². The molecule has 4 nitrogen and oxygen atoms in total. The van der Waals surface area contributed by atoms with Crippen LogP contribution in [-0.4, -0.2) is 17.0 Å². The lowest BCUT2D eigenvalue weighted by Gasteiger charge is -2.43. The van der Waals surface area contributed by atoms with Crippen LogP contribution in [0.25, 0.3) is 0 Å². The molecular weight excluding hydrogens is 376 g/mol. The van der Waals surface area contributed by atoms with Crippen molar-refractivity contribution in [3.63, 3.8) is 0 Å². The smallest absolute Gasteiger partial charge is 0.309 e. The highest BCUT2D eigenvalue weighted by Gasteiger charge is 2.62. The molecule has 0 aromatic heterocycles. The van der Waals surface area contributed by atoms with Crippen molar-refractivity contribution in [3.05, 3.63) is 35.4 Å². The van der Waals surface area contributed by atoms with Gasteiger partial charge in [0.25, 0.3) is 0 Å². The van der Waals surface area contributed by atoms with Gasteiger partial charge in [-0.05, 0) is 84.2 Å². The van der Waals surface area contributed by atoms with Gasteiger partial charge in [-0.25, -0.2) is 0 Å². The van der Waals surface area contributed by atoms with Gasteiger partial charge in [0.1, 0.15) is 6.10 Å². The summed E-state index contributed by atoms with van der Waals surface area (Å²) in [6.45, 7) is 4.67. The summed E-state index contributed by atoms with van der Waals surface area (Å²) in [6, 6.07) is 8.27. The van der Waals surface area contributed by atoms with Gasteiger partial charge in [-0.15, -0.1) is 0 Å². The first kappa shape index (κ1) is 18.9. The second-order valence-electron chi connectivity index (χ2n) is 11.0. The molecule has 0 spiro atoms. The zero-order valence-electron chi connectivity index (χ0n) is 17.9. The van der Waals surface area contributed by atoms with Crippen LogP contribution in [0.15, 0.2) is 24.3 Å². The second kappa shape index (κ2) is 6.58. The maximum atomic E-state index is 13.0. The van der Waals surface area contributed by atoms with Crippen LogP contribution in [0.3, 0.4) is 0 Å². The maximum absolute atomic E-state index is 13.0. The van der Waals surface area contributed by atoms with Crippen molar-refractivity contribution in [1.82, 2.24) is 0 Å². The van der Waals surface area contributed by atoms with Crippen molar-refractivity contribution in [3.8, 4) is 0 Å². The van der Waals surface area contributed by atoms with E-state index in [0.717, 1.165) is 32.1 Å². The molecule has 4 fully saturated rings. The average Bonchev–Trinajstić information content (AvgIpc) is 3.45. The van der Waals surface area contributed by atoms with Gasteiger partial charge in [0.05, 0.1) is 11.8 Å². The van der Waals surface area contributed by atoms with E-state index in [9.17, 15) is 14.7 Å². The van der Waals surface area contributed by atoms with Crippen LogP contribution in [0.5, 0.6) is 0 Å². The minimum atomic E-state index is -0.589. The van der Waals surface area contributed by atoms with Crippen molar-refractivity contribution >= 4 is 11.9 Å². The molecule has 11 atom stereocenters. The summed E-state index contributed by atoms with van der Waals surface area (Å²) in [5, 5.41) is 9.56. The van der Waals surface area contributed by atoms with Gasteiger partial charge in [0.15, 0.2) is 0 Å². The highest BCUT2D eigenvalue weighted by Crippen LogP contribution is 2.66. The Morgan fingerprint density at radius 3 is 2.10 bits per heavy atom. The largest absolute Gasteiger partial charge is 0.481 e. The molecule has 6 rings (SSSR count). The number of carbonyl (C=O) groups is 2. The molecule has 0 amide bonds. The van der Waals surface area contributed by atoms with Gasteiger partial charge < -0.3 is 9.84 Å². The number of fused-ring (bicyclic) bond motifs is 5. The molecule has 1 N–H and O–H groups in total. The molecule has 4 saturated carbocycles. The number of aliphatic carboxylic acids is 1. The number of carboxylic acid groups (broad SMARTS) is 1. The summed E-state index contributed by atoms with van der Waals surface area (Å²) in [5.41, 5.74) is 2.49. The average molecular weight is 409 g/mol. The van der Waals surface area contributed by atoms with Crippen LogP contribution in [0.1, 0.15) is 56.8 Å². The number of carboxylic acids is 1. The third kappa shape index (κ3) is 2.51. The van der Waals surface area contributed by atoms with Gasteiger partial charge in [-0.1, -0.05) is 38.1 Å². The molecule has 0 radical (unpaired) electrons. The monoisotopic (exact) mass is 408 g/mol. The Labute approximate surface area is 178 Å². The first-order chi connectivity index (χ1) is 14.4. The van der Waals surface area contributed by atoms with E-state index >= 15 is 0 Å². The highest BCUT2D eigenvalue weighted by molar-refractivity contribution is 5.74. The molecule has 11 unspecified atom stereocenters. The van der Waals surface area contributed by atoms with Crippen LogP contribution in [0.4, 0.5) is 0 Å². The van der Waals surface area contributed by atoms with Crippen molar-refractivity contribution in [2.24, 2.45) is 59.2 Å². The Morgan fingerprint density at radius 1 is 0.900 bits per heavy atom. The van der Waals surface area contributed by atoms with Gasteiger partial charge in [-0.3, -0.25) is 9.59 Å². The Bertz CT molecular complexity index is 889. The van der Waals surface area contributed by atoms with Crippen LogP contribution in [0.2, 0.25) is 0 Å². The molecule has 4 bridgehead atoms. The lowest BCUT2D eigenvalue weighted by Crippen LogP contribution is -2.41. The summed E-state index contributed by atoms with van der Waals surface area (Å²) in [7, 11) is 0. The molecule has 1 aromatic carbocycles. The molecule has 5 aliphatic carbocycles. The predicted octanol–water partition coefficient (Wildman–Crippen LogP) is 4.73. The van der Waals surface area contributed by atoms with E-state index in [2.05, 4.69) is 26.0 Å². The number of ether oxygens (including phenoxy) is 1. The fourth-order valence-electron chi connectivity index (χ4n) is 8.87. The Morgan fingerprint density at radius 2 is 1.50 bits per heavy atom. The van der Waals surface area contributed by atoms with Crippen molar-refractivity contribution in [1.29, 1.82) is 0 Å². The lowest BCUT2D eigenvalue weighted by molar-refractivity contribution is -0.159. The van der Waals surface area contributed by atoms with Crippen LogP contribution < -0.4 is 0 Å². The summed E-state index contributed by atoms with van der Waals surface area (Å²) in [4.78, 5) is 24.7. The van der Waals surface area contributed by atoms with Crippen LogP contribution in [0, 0.1) is 59.2 Å². The fraction of sp³-hybridized carbons (Fsp3) is 0.692. The standard InChI is InChI=1S/C26H32O4/c1-12-18-7-15(9-20(18)25(27)28)23(12)24-13(2)19-8-16(24)10-21(19)26(29)30-22-11-14-5-3-4-6-17(14)22/h3-6,12-13,15-16,18-24H,7-11H2,1-2H3,(H,27,28). The van der Waals surface area contributed by atoms with E-state index in [1.165, 1.54) is 11.1 Å². The number of rotatable bonds is 4. The van der Waals surface area contributed by atoms with Gasteiger partial charge in [-0.2, -0.15) is 0 Å². The number of hydrogen-bond acceptors (Lipinski definition) is 3. The Kier molecular flexibility index (Phi) is 4.14. The van der Waals surface area contributed by atoms with Gasteiger partial charge >= 0.3 is 11.9 Å². The maximum Gasteiger partial charge on any atom is 0.309 e. The molecule has 5 aliphatic rings. The van der Waals surface area contributed by atoms with E-state index < -0.39 is 5.97 Å². The number of hydrogen-bond donors (Lipinski definition) is 1. The lowest BCUT2D eigenvalue weighted by atomic mass is 9.61. The molecule has 1 aromatic rings. The quantitative estimate of drug-likeness (QED) is 0.732. The van der Waals surface area contributed by atoms with Crippen molar-refractivity contribution < 1.29 is 19.4 Å². The number of esters is 1. The van der Waals surface area contributed by atoms with Crippen molar-refractivity contribution in [2.75, 3.05) is 0 Å². The van der Waals surface area contributed by atoms with E-state index in [1.807, 2.05) is 12.1 Å². The van der Waals surface area contributed by atoms with E-state index in [-0.39, 0.29) is 23.9 Å². The Balaban J connectivity index is 1.13. The molecule has 30 heavy (non-hydrogen) atoms. The first-order valence-electron chi connectivity index (χ1n) is 11.9. The van der Waals surface area contributed by atoms with Crippen LogP contribution in [-0.2, 0) is 20.7 Å². The summed E-state index contributed by atoms with van der Waals surface area (Å²) < 4.78 is 5.97. The molecule has 160 valence electrons. The minimum absolute atomic E-state index is 0.0271. The third-order valence-electron chi connectivity index (χ3n) is 10.1. The van der Waals surface area contributed by atoms with Crippen molar-refractivity contribution in [2.45, 2.75) is 52.1 Å². The van der Waals surface area contributed by atoms with E-state index in [1.54, 1.807) is 0 Å². The van der Waals surface area contributed by atoms with Crippen LogP contribution >= 0.6 is 0 Å². The van der Waals surface area contributed by atoms with E-state index in [0.29, 0.717) is 47.3 Å². The van der Waals surface area contributed by atoms with E-state index in [4.69, 9.17) is 4.74 Å². The molecule has 0 aliphatic heterocycles. The fourth-order valence-corrected chi connectivity index (χ4v) is 8.87. The topological polar surface area (TPSA) is 63.6 Å². The third-order valence-corrected chi connectivity index (χ3v) is 10.1. The number of benzene rings is 1. The SMILES string of the molecule is CC1C2CC(CC2C(=O)O)C1C1C2CC(C(=O)OC3Cc4ccccc43)C(C2)C1C. The molecular formula is C26H32O4. The summed E-state index contributed by atoms with van der Waals surface area (Å²) in [6.07, 6.45) is 4.94. The van der Waals surface area contributed by atoms with Gasteiger partial charge in [0.2, 0.25) is 0 Å². The minimum Gasteiger partial charge on any atom is -0.481 e. The second-order valence-corrected chi connectivity index (χ2v) is 11.0. The predicted molar refractivity (Wildman–Crippen MR) is 111 cm³/mol. The Hall–Kier alpha value is -1.84. The molecule has 4 heteroatoms. The summed E-state index contributed by atoms with van der Waals surface area (Å²) in [5.74, 6) is 3.77. The highest BCUT2D eigenvalue weighted by atomic mass is 16.5. The molecule has 0 heterocycles. The zero-order chi connectivity index (χ0) is 20.7. The number of carbonyl (C=O) groups excluding carboxylic acids is 1. The summed E-state index contributed by atoms with van der Waals surface area (Å²) >= 11 is 0.